The predicted octanol–water partition coefficient (Wildman–Crippen LogP) is 2.90. The molecule has 0 fully saturated rings. The quantitative estimate of drug-likeness (QED) is 0.438. The van der Waals surface area contributed by atoms with E-state index in [2.05, 4.69) is 32.3 Å². The van der Waals surface area contributed by atoms with Gasteiger partial charge in [0.25, 0.3) is 11.8 Å². The van der Waals surface area contributed by atoms with E-state index in [4.69, 9.17) is 0 Å². The van der Waals surface area contributed by atoms with Crippen LogP contribution in [0, 0.1) is 11.3 Å². The van der Waals surface area contributed by atoms with Crippen LogP contribution in [0.1, 0.15) is 37.4 Å². The zero-order valence-corrected chi connectivity index (χ0v) is 17.9. The molecular formula is C24H24N6O2. The lowest BCUT2D eigenvalue weighted by molar-refractivity contribution is 0.0955. The van der Waals surface area contributed by atoms with Crippen molar-refractivity contribution in [1.29, 1.82) is 5.26 Å². The number of rotatable bonds is 8. The fourth-order valence-electron chi connectivity index (χ4n) is 3.00. The minimum Gasteiger partial charge on any atom is -0.366 e. The van der Waals surface area contributed by atoms with E-state index in [-0.39, 0.29) is 11.8 Å². The van der Waals surface area contributed by atoms with Crippen LogP contribution < -0.4 is 21.3 Å². The lowest BCUT2D eigenvalue weighted by Gasteiger charge is -2.11. The molecule has 4 N–H and O–H groups in total. The number of pyridine rings is 1. The maximum Gasteiger partial charge on any atom is 0.251 e. The molecule has 8 heteroatoms. The first-order valence-electron chi connectivity index (χ1n) is 10.0. The fraction of sp³-hybridized carbons (Fsp3) is 0.167. The van der Waals surface area contributed by atoms with E-state index in [0.717, 1.165) is 11.1 Å². The summed E-state index contributed by atoms with van der Waals surface area (Å²) in [6, 6.07) is 20.1. The van der Waals surface area contributed by atoms with Crippen molar-refractivity contribution in [3.63, 3.8) is 0 Å². The zero-order chi connectivity index (χ0) is 22.9. The Bertz CT molecular complexity index is 1130. The molecule has 0 aliphatic rings. The highest BCUT2D eigenvalue weighted by atomic mass is 16.2. The molecule has 0 bridgehead atoms. The first kappa shape index (κ1) is 22.3. The molecule has 162 valence electrons. The van der Waals surface area contributed by atoms with Gasteiger partial charge in [0.1, 0.15) is 17.7 Å². The van der Waals surface area contributed by atoms with Gasteiger partial charge in [-0.05, 0) is 47.5 Å². The number of nitrogens with zero attached hydrogens (tertiary/aromatic N) is 2. The van der Waals surface area contributed by atoms with Crippen molar-refractivity contribution >= 4 is 23.5 Å². The number of amides is 2. The highest BCUT2D eigenvalue weighted by Crippen LogP contribution is 2.18. The summed E-state index contributed by atoms with van der Waals surface area (Å²) in [4.78, 5) is 27.8. The predicted molar refractivity (Wildman–Crippen MR) is 123 cm³/mol. The maximum atomic E-state index is 11.7. The van der Waals surface area contributed by atoms with Gasteiger partial charge in [-0.1, -0.05) is 24.3 Å². The van der Waals surface area contributed by atoms with Gasteiger partial charge in [0, 0.05) is 38.3 Å². The van der Waals surface area contributed by atoms with Gasteiger partial charge in [-0.15, -0.1) is 0 Å². The summed E-state index contributed by atoms with van der Waals surface area (Å²) in [5, 5.41) is 21.0. The number of carbonyl (C=O) groups excluding carboxylic acids is 2. The molecule has 0 aliphatic carbocycles. The molecule has 32 heavy (non-hydrogen) atoms. The van der Waals surface area contributed by atoms with E-state index in [1.165, 1.54) is 0 Å². The topological polar surface area (TPSA) is 119 Å². The third-order valence-electron chi connectivity index (χ3n) is 4.84. The first-order chi connectivity index (χ1) is 15.5. The normalized spacial score (nSPS) is 10.0. The van der Waals surface area contributed by atoms with Crippen LogP contribution >= 0.6 is 0 Å². The molecule has 0 atom stereocenters. The molecular weight excluding hydrogens is 404 g/mol. The minimum absolute atomic E-state index is 0.128. The van der Waals surface area contributed by atoms with E-state index in [1.807, 2.05) is 24.3 Å². The minimum atomic E-state index is -0.139. The van der Waals surface area contributed by atoms with Crippen LogP contribution in [0.2, 0.25) is 0 Å². The molecule has 0 unspecified atom stereocenters. The number of nitrogens with one attached hydrogen (secondary N) is 4. The Morgan fingerprint density at radius 2 is 1.28 bits per heavy atom. The van der Waals surface area contributed by atoms with E-state index >= 15 is 0 Å². The van der Waals surface area contributed by atoms with Crippen LogP contribution in [0.5, 0.6) is 0 Å². The summed E-state index contributed by atoms with van der Waals surface area (Å²) in [6.45, 7) is 0.980. The van der Waals surface area contributed by atoms with E-state index in [0.29, 0.717) is 41.4 Å². The molecule has 2 aromatic carbocycles. The van der Waals surface area contributed by atoms with Crippen molar-refractivity contribution in [2.45, 2.75) is 13.1 Å². The molecule has 0 spiro atoms. The van der Waals surface area contributed by atoms with Crippen molar-refractivity contribution in [2.75, 3.05) is 24.7 Å². The number of anilines is 2. The Morgan fingerprint density at radius 3 is 1.75 bits per heavy atom. The lowest BCUT2D eigenvalue weighted by atomic mass is 10.1. The Morgan fingerprint density at radius 1 is 0.781 bits per heavy atom. The zero-order valence-electron chi connectivity index (χ0n) is 17.9. The highest BCUT2D eigenvalue weighted by Gasteiger charge is 2.08. The Balaban J connectivity index is 1.64. The van der Waals surface area contributed by atoms with Crippen LogP contribution in [0.15, 0.2) is 60.7 Å². The number of hydrogen-bond donors (Lipinski definition) is 4. The second kappa shape index (κ2) is 10.6. The summed E-state index contributed by atoms with van der Waals surface area (Å²) in [5.74, 6) is 0.830. The second-order valence-corrected chi connectivity index (χ2v) is 6.96. The van der Waals surface area contributed by atoms with Gasteiger partial charge in [0.2, 0.25) is 0 Å². The molecule has 1 aromatic heterocycles. The van der Waals surface area contributed by atoms with Crippen molar-refractivity contribution in [3.8, 4) is 6.07 Å². The molecule has 0 radical (unpaired) electrons. The van der Waals surface area contributed by atoms with Gasteiger partial charge in [0.05, 0.1) is 5.56 Å². The van der Waals surface area contributed by atoms with Gasteiger partial charge in [-0.3, -0.25) is 9.59 Å². The third kappa shape index (κ3) is 5.61. The second-order valence-electron chi connectivity index (χ2n) is 6.96. The highest BCUT2D eigenvalue weighted by molar-refractivity contribution is 5.94. The number of nitriles is 1. The largest absolute Gasteiger partial charge is 0.366 e. The van der Waals surface area contributed by atoms with Crippen molar-refractivity contribution < 1.29 is 9.59 Å². The summed E-state index contributed by atoms with van der Waals surface area (Å²) in [7, 11) is 3.19. The number of carbonyl (C=O) groups is 2. The van der Waals surface area contributed by atoms with Crippen LogP contribution in [0.4, 0.5) is 11.6 Å². The number of benzene rings is 2. The van der Waals surface area contributed by atoms with Crippen LogP contribution in [0.3, 0.4) is 0 Å². The molecule has 3 aromatic rings. The lowest BCUT2D eigenvalue weighted by Crippen LogP contribution is -2.17. The molecule has 2 amide bonds. The van der Waals surface area contributed by atoms with Gasteiger partial charge in [-0.2, -0.15) is 5.26 Å². The summed E-state index contributed by atoms with van der Waals surface area (Å²) in [5.41, 5.74) is 3.57. The van der Waals surface area contributed by atoms with E-state index in [1.54, 1.807) is 50.5 Å². The summed E-state index contributed by atoms with van der Waals surface area (Å²) in [6.07, 6.45) is 0. The summed E-state index contributed by atoms with van der Waals surface area (Å²) < 4.78 is 0. The van der Waals surface area contributed by atoms with Gasteiger partial charge in [0.15, 0.2) is 0 Å². The molecule has 0 aliphatic heterocycles. The van der Waals surface area contributed by atoms with Crippen molar-refractivity contribution in [2.24, 2.45) is 0 Å². The van der Waals surface area contributed by atoms with E-state index in [9.17, 15) is 14.9 Å². The van der Waals surface area contributed by atoms with Gasteiger partial charge >= 0.3 is 0 Å². The molecule has 1 heterocycles. The molecule has 0 saturated carbocycles. The maximum absolute atomic E-state index is 11.7. The van der Waals surface area contributed by atoms with E-state index < -0.39 is 0 Å². The van der Waals surface area contributed by atoms with Gasteiger partial charge in [-0.25, -0.2) is 4.98 Å². The Kier molecular flexibility index (Phi) is 7.38. The Labute approximate surface area is 186 Å². The fourth-order valence-corrected chi connectivity index (χ4v) is 3.00. The van der Waals surface area contributed by atoms with Crippen molar-refractivity contribution in [1.82, 2.24) is 15.6 Å². The van der Waals surface area contributed by atoms with Gasteiger partial charge < -0.3 is 21.3 Å². The molecule has 3 rings (SSSR count). The average Bonchev–Trinajstić information content (AvgIpc) is 2.85. The first-order valence-corrected chi connectivity index (χ1v) is 10.0. The Hall–Kier alpha value is -4.38. The third-order valence-corrected chi connectivity index (χ3v) is 4.84. The monoisotopic (exact) mass is 428 g/mol. The molecule has 0 saturated heterocycles. The van der Waals surface area contributed by atoms with Crippen molar-refractivity contribution in [3.05, 3.63) is 88.5 Å². The van der Waals surface area contributed by atoms with Crippen LogP contribution in [-0.4, -0.2) is 30.9 Å². The standard InChI is InChI=1S/C24H24N6O2/c1-26-23(31)18-7-3-16(4-8-18)14-28-21-12-11-20(13-25)22(30-21)29-15-17-5-9-19(10-6-17)24(32)27-2/h3-12H,14-15H2,1-2H3,(H,26,31)(H,27,32)(H2,28,29,30). The number of hydrogen-bond acceptors (Lipinski definition) is 6. The van der Waals surface area contributed by atoms with Crippen LogP contribution in [-0.2, 0) is 13.1 Å². The number of aromatic nitrogens is 1. The molecule has 8 nitrogen and oxygen atoms in total. The summed E-state index contributed by atoms with van der Waals surface area (Å²) >= 11 is 0. The average molecular weight is 428 g/mol. The smallest absolute Gasteiger partial charge is 0.251 e. The SMILES string of the molecule is CNC(=O)c1ccc(CNc2ccc(C#N)c(NCc3ccc(C(=O)NC)cc3)n2)cc1. The van der Waals surface area contributed by atoms with Crippen LogP contribution in [0.25, 0.3) is 0 Å².